The molecule has 1 aromatic rings. The second-order valence-electron chi connectivity index (χ2n) is 4.38. The fraction of sp³-hybridized carbons (Fsp3) is 0.667. The van der Waals surface area contributed by atoms with Gasteiger partial charge in [0.25, 0.3) is 0 Å². The van der Waals surface area contributed by atoms with E-state index in [1.165, 1.54) is 29.0 Å². The molecule has 1 aromatic heterocycles. The number of nitrogens with one attached hydrogen (secondary N) is 1. The zero-order valence-corrected chi connectivity index (χ0v) is 9.86. The van der Waals surface area contributed by atoms with Crippen LogP contribution in [0.3, 0.4) is 0 Å². The molecule has 0 unspecified atom stereocenters. The van der Waals surface area contributed by atoms with Gasteiger partial charge in [0.15, 0.2) is 0 Å². The molecular weight excluding hydrogens is 190 g/mol. The number of hydrogen-bond donors (Lipinski definition) is 1. The van der Waals surface area contributed by atoms with Crippen molar-refractivity contribution < 1.29 is 0 Å². The Bertz CT molecular complexity index is 286. The lowest BCUT2D eigenvalue weighted by Gasteiger charge is -2.33. The first kappa shape index (κ1) is 10.2. The maximum absolute atomic E-state index is 3.61. The molecule has 0 spiro atoms. The molecule has 1 heterocycles. The van der Waals surface area contributed by atoms with E-state index in [-0.39, 0.29) is 0 Å². The third-order valence-corrected chi connectivity index (χ3v) is 4.23. The first-order valence-corrected chi connectivity index (χ1v) is 6.40. The largest absolute Gasteiger partial charge is 0.309 e. The summed E-state index contributed by atoms with van der Waals surface area (Å²) in [6.07, 6.45) is 3.91. The number of thiophene rings is 1. The third-order valence-electron chi connectivity index (χ3n) is 3.00. The van der Waals surface area contributed by atoms with E-state index in [2.05, 4.69) is 31.3 Å². The Hall–Kier alpha value is -0.340. The van der Waals surface area contributed by atoms with Crippen LogP contribution in [0.4, 0.5) is 0 Å². The average molecular weight is 209 g/mol. The minimum absolute atomic E-state index is 0.789. The van der Waals surface area contributed by atoms with Gasteiger partial charge in [-0.1, -0.05) is 13.8 Å². The summed E-state index contributed by atoms with van der Waals surface area (Å²) in [5, 5.41) is 3.61. The summed E-state index contributed by atoms with van der Waals surface area (Å²) in [6, 6.07) is 5.31. The van der Waals surface area contributed by atoms with E-state index in [9.17, 15) is 0 Å². The van der Waals surface area contributed by atoms with Gasteiger partial charge in [-0.3, -0.25) is 0 Å². The predicted molar refractivity (Wildman–Crippen MR) is 62.7 cm³/mol. The molecule has 0 aromatic carbocycles. The summed E-state index contributed by atoms with van der Waals surface area (Å²) >= 11 is 1.95. The van der Waals surface area contributed by atoms with Crippen molar-refractivity contribution in [3.05, 3.63) is 21.9 Å². The molecule has 14 heavy (non-hydrogen) atoms. The highest BCUT2D eigenvalue weighted by molar-refractivity contribution is 7.11. The van der Waals surface area contributed by atoms with Crippen LogP contribution in [0.5, 0.6) is 0 Å². The maximum atomic E-state index is 3.61. The standard InChI is InChI=1S/C12H19NS/c1-3-11-4-5-12(14-11)8-13-10-6-9(2)7-10/h4-5,9-10,13H,3,6-8H2,1-2H3. The molecule has 1 N–H and O–H groups in total. The van der Waals surface area contributed by atoms with Gasteiger partial charge < -0.3 is 5.32 Å². The van der Waals surface area contributed by atoms with E-state index < -0.39 is 0 Å². The molecule has 1 saturated carbocycles. The van der Waals surface area contributed by atoms with E-state index >= 15 is 0 Å². The SMILES string of the molecule is CCc1ccc(CNC2CC(C)C2)s1. The smallest absolute Gasteiger partial charge is 0.0302 e. The summed E-state index contributed by atoms with van der Waals surface area (Å²) in [5.74, 6) is 0.946. The summed E-state index contributed by atoms with van der Waals surface area (Å²) in [7, 11) is 0. The molecule has 1 aliphatic rings. The summed E-state index contributed by atoms with van der Waals surface area (Å²) in [4.78, 5) is 2.99. The molecule has 1 aliphatic carbocycles. The van der Waals surface area contributed by atoms with Gasteiger partial charge in [0.2, 0.25) is 0 Å². The quantitative estimate of drug-likeness (QED) is 0.803. The Morgan fingerprint density at radius 3 is 2.64 bits per heavy atom. The minimum Gasteiger partial charge on any atom is -0.309 e. The van der Waals surface area contributed by atoms with Crippen molar-refractivity contribution in [3.8, 4) is 0 Å². The van der Waals surface area contributed by atoms with E-state index in [0.717, 1.165) is 18.5 Å². The highest BCUT2D eigenvalue weighted by atomic mass is 32.1. The van der Waals surface area contributed by atoms with E-state index in [4.69, 9.17) is 0 Å². The van der Waals surface area contributed by atoms with Crippen molar-refractivity contribution in [2.45, 2.75) is 45.7 Å². The lowest BCUT2D eigenvalue weighted by atomic mass is 9.82. The van der Waals surface area contributed by atoms with Crippen molar-refractivity contribution in [1.82, 2.24) is 5.32 Å². The fourth-order valence-electron chi connectivity index (χ4n) is 2.02. The molecule has 2 rings (SSSR count). The van der Waals surface area contributed by atoms with Crippen LogP contribution in [0.15, 0.2) is 12.1 Å². The number of rotatable bonds is 4. The Morgan fingerprint density at radius 2 is 2.07 bits per heavy atom. The lowest BCUT2D eigenvalue weighted by molar-refractivity contribution is 0.241. The molecule has 0 amide bonds. The molecule has 0 saturated heterocycles. The summed E-state index contributed by atoms with van der Waals surface area (Å²) in [6.45, 7) is 5.62. The maximum Gasteiger partial charge on any atom is 0.0302 e. The number of aryl methyl sites for hydroxylation is 1. The van der Waals surface area contributed by atoms with Crippen LogP contribution in [0.1, 0.15) is 36.4 Å². The monoisotopic (exact) mass is 209 g/mol. The second-order valence-corrected chi connectivity index (χ2v) is 5.63. The van der Waals surface area contributed by atoms with Crippen molar-refractivity contribution in [2.75, 3.05) is 0 Å². The van der Waals surface area contributed by atoms with Crippen LogP contribution >= 0.6 is 11.3 Å². The average Bonchev–Trinajstić information content (AvgIpc) is 2.58. The van der Waals surface area contributed by atoms with Crippen molar-refractivity contribution in [1.29, 1.82) is 0 Å². The van der Waals surface area contributed by atoms with Gasteiger partial charge in [0.1, 0.15) is 0 Å². The topological polar surface area (TPSA) is 12.0 Å². The molecule has 0 aliphatic heterocycles. The van der Waals surface area contributed by atoms with Crippen LogP contribution in [0.25, 0.3) is 0 Å². The van der Waals surface area contributed by atoms with E-state index in [1.807, 2.05) is 11.3 Å². The predicted octanol–water partition coefficient (Wildman–Crippen LogP) is 3.20. The van der Waals surface area contributed by atoms with Crippen molar-refractivity contribution in [2.24, 2.45) is 5.92 Å². The Labute approximate surface area is 90.5 Å². The molecule has 2 heteroatoms. The second kappa shape index (κ2) is 4.45. The van der Waals surface area contributed by atoms with Gasteiger partial charge in [-0.25, -0.2) is 0 Å². The van der Waals surface area contributed by atoms with Crippen LogP contribution in [0.2, 0.25) is 0 Å². The normalized spacial score (nSPS) is 26.1. The van der Waals surface area contributed by atoms with Gasteiger partial charge >= 0.3 is 0 Å². The molecular formula is C12H19NS. The molecule has 1 fully saturated rings. The van der Waals surface area contributed by atoms with E-state index in [0.29, 0.717) is 0 Å². The minimum atomic E-state index is 0.789. The van der Waals surface area contributed by atoms with Gasteiger partial charge in [-0.2, -0.15) is 0 Å². The van der Waals surface area contributed by atoms with Gasteiger partial charge in [-0.15, -0.1) is 11.3 Å². The molecule has 1 nitrogen and oxygen atoms in total. The van der Waals surface area contributed by atoms with Crippen LogP contribution in [-0.2, 0) is 13.0 Å². The lowest BCUT2D eigenvalue weighted by Crippen LogP contribution is -2.39. The highest BCUT2D eigenvalue weighted by Crippen LogP contribution is 2.27. The third kappa shape index (κ3) is 2.37. The zero-order valence-electron chi connectivity index (χ0n) is 9.05. The van der Waals surface area contributed by atoms with Gasteiger partial charge in [0, 0.05) is 22.3 Å². The highest BCUT2D eigenvalue weighted by Gasteiger charge is 2.24. The molecule has 0 atom stereocenters. The fourth-order valence-corrected chi connectivity index (χ4v) is 2.93. The summed E-state index contributed by atoms with van der Waals surface area (Å²) < 4.78 is 0. The molecule has 0 radical (unpaired) electrons. The van der Waals surface area contributed by atoms with Gasteiger partial charge in [-0.05, 0) is 37.3 Å². The van der Waals surface area contributed by atoms with Crippen LogP contribution in [-0.4, -0.2) is 6.04 Å². The molecule has 0 bridgehead atoms. The Morgan fingerprint density at radius 1 is 1.36 bits per heavy atom. The van der Waals surface area contributed by atoms with Crippen LogP contribution < -0.4 is 5.32 Å². The number of hydrogen-bond acceptors (Lipinski definition) is 2. The van der Waals surface area contributed by atoms with Crippen molar-refractivity contribution in [3.63, 3.8) is 0 Å². The first-order valence-electron chi connectivity index (χ1n) is 5.59. The van der Waals surface area contributed by atoms with Crippen molar-refractivity contribution >= 4 is 11.3 Å². The Kier molecular flexibility index (Phi) is 3.24. The van der Waals surface area contributed by atoms with Crippen LogP contribution in [0, 0.1) is 5.92 Å². The summed E-state index contributed by atoms with van der Waals surface area (Å²) in [5.41, 5.74) is 0. The van der Waals surface area contributed by atoms with E-state index in [1.54, 1.807) is 0 Å². The van der Waals surface area contributed by atoms with Gasteiger partial charge in [0.05, 0.1) is 0 Å². The zero-order chi connectivity index (χ0) is 9.97. The Balaban J connectivity index is 1.75. The first-order chi connectivity index (χ1) is 6.78. The molecule has 78 valence electrons.